The lowest BCUT2D eigenvalue weighted by Gasteiger charge is -2.17. The zero-order valence-electron chi connectivity index (χ0n) is 15.2. The number of aromatic nitrogens is 3. The monoisotopic (exact) mass is 364 g/mol. The van der Waals surface area contributed by atoms with Gasteiger partial charge in [0.15, 0.2) is 0 Å². The summed E-state index contributed by atoms with van der Waals surface area (Å²) >= 11 is 0. The average Bonchev–Trinajstić information content (AvgIpc) is 2.70. The molecule has 1 amide bonds. The van der Waals surface area contributed by atoms with Crippen molar-refractivity contribution >= 4 is 5.91 Å². The number of carbonyl (C=O) groups excluding carboxylic acids is 1. The van der Waals surface area contributed by atoms with Gasteiger partial charge in [-0.2, -0.15) is 5.10 Å². The highest BCUT2D eigenvalue weighted by atomic mass is 16.5. The number of benzene rings is 1. The van der Waals surface area contributed by atoms with E-state index >= 15 is 0 Å². The van der Waals surface area contributed by atoms with Crippen molar-refractivity contribution in [3.8, 4) is 17.1 Å². The molecule has 2 heterocycles. The van der Waals surface area contributed by atoms with E-state index < -0.39 is 0 Å². The second kappa shape index (κ2) is 8.27. The van der Waals surface area contributed by atoms with Gasteiger partial charge in [-0.15, -0.1) is 0 Å². The van der Waals surface area contributed by atoms with Gasteiger partial charge in [-0.1, -0.05) is 36.4 Å². The number of carbonyl (C=O) groups is 1. The summed E-state index contributed by atoms with van der Waals surface area (Å²) in [5, 5.41) is 4.32. The standard InChI is InChI=1S/C20H20N4O3/c1-23(13-16-9-6-10-18(21-16)27-2)20(26)14-24-19(25)12-11-17(22-24)15-7-4-3-5-8-15/h3-12H,13-14H2,1-2H3. The van der Waals surface area contributed by atoms with Crippen molar-refractivity contribution in [1.82, 2.24) is 19.7 Å². The molecule has 7 heteroatoms. The Morgan fingerprint density at radius 2 is 1.85 bits per heavy atom. The number of amides is 1. The molecule has 0 unspecified atom stereocenters. The predicted molar refractivity (Wildman–Crippen MR) is 101 cm³/mol. The Bertz CT molecular complexity index is 986. The molecule has 0 N–H and O–H groups in total. The molecule has 0 aliphatic heterocycles. The zero-order valence-corrected chi connectivity index (χ0v) is 15.2. The van der Waals surface area contributed by atoms with E-state index in [-0.39, 0.29) is 18.0 Å². The minimum absolute atomic E-state index is 0.139. The van der Waals surface area contributed by atoms with E-state index in [1.807, 2.05) is 42.5 Å². The molecule has 3 aromatic rings. The van der Waals surface area contributed by atoms with Crippen molar-refractivity contribution in [3.05, 3.63) is 76.7 Å². The molecule has 0 spiro atoms. The summed E-state index contributed by atoms with van der Waals surface area (Å²) in [7, 11) is 3.20. The topological polar surface area (TPSA) is 77.3 Å². The van der Waals surface area contributed by atoms with Gasteiger partial charge in [0.2, 0.25) is 11.8 Å². The van der Waals surface area contributed by atoms with Crippen LogP contribution in [0.4, 0.5) is 0 Å². The van der Waals surface area contributed by atoms with Crippen LogP contribution in [0.15, 0.2) is 65.5 Å². The normalized spacial score (nSPS) is 10.4. The van der Waals surface area contributed by atoms with Crippen molar-refractivity contribution < 1.29 is 9.53 Å². The van der Waals surface area contributed by atoms with Gasteiger partial charge < -0.3 is 9.64 Å². The molecule has 27 heavy (non-hydrogen) atoms. The molecule has 1 aromatic carbocycles. The summed E-state index contributed by atoms with van der Waals surface area (Å²) in [4.78, 5) is 30.4. The molecule has 0 radical (unpaired) electrons. The van der Waals surface area contributed by atoms with Crippen LogP contribution in [0.3, 0.4) is 0 Å². The number of hydrogen-bond acceptors (Lipinski definition) is 5. The van der Waals surface area contributed by atoms with E-state index in [0.717, 1.165) is 5.56 Å². The molecule has 0 saturated heterocycles. The van der Waals surface area contributed by atoms with Crippen molar-refractivity contribution in [1.29, 1.82) is 0 Å². The quantitative estimate of drug-likeness (QED) is 0.668. The highest BCUT2D eigenvalue weighted by Crippen LogP contribution is 2.14. The predicted octanol–water partition coefficient (Wildman–Crippen LogP) is 1.97. The van der Waals surface area contributed by atoms with Crippen LogP contribution >= 0.6 is 0 Å². The number of pyridine rings is 1. The van der Waals surface area contributed by atoms with Crippen LogP contribution in [0.5, 0.6) is 5.88 Å². The fraction of sp³-hybridized carbons (Fsp3) is 0.200. The van der Waals surface area contributed by atoms with Crippen molar-refractivity contribution in [2.75, 3.05) is 14.2 Å². The Morgan fingerprint density at radius 1 is 1.07 bits per heavy atom. The average molecular weight is 364 g/mol. The van der Waals surface area contributed by atoms with Crippen molar-refractivity contribution in [3.63, 3.8) is 0 Å². The fourth-order valence-electron chi connectivity index (χ4n) is 2.56. The number of likely N-dealkylation sites (N-methyl/N-ethyl adjacent to an activating group) is 1. The van der Waals surface area contributed by atoms with Crippen LogP contribution in [0.25, 0.3) is 11.3 Å². The zero-order chi connectivity index (χ0) is 19.2. The van der Waals surface area contributed by atoms with Gasteiger partial charge in [0.1, 0.15) is 6.54 Å². The lowest BCUT2D eigenvalue weighted by atomic mass is 10.1. The summed E-state index contributed by atoms with van der Waals surface area (Å²) in [6.45, 7) is 0.170. The Labute approximate surface area is 156 Å². The number of rotatable bonds is 6. The van der Waals surface area contributed by atoms with Crippen LogP contribution in [0.1, 0.15) is 5.69 Å². The van der Waals surface area contributed by atoms with Gasteiger partial charge in [-0.05, 0) is 12.1 Å². The van der Waals surface area contributed by atoms with Gasteiger partial charge in [-0.25, -0.2) is 9.67 Å². The first-order valence-electron chi connectivity index (χ1n) is 8.44. The molecule has 0 fully saturated rings. The molecular formula is C20H20N4O3. The maximum absolute atomic E-state index is 12.5. The van der Waals surface area contributed by atoms with Crippen molar-refractivity contribution in [2.45, 2.75) is 13.1 Å². The summed E-state index contributed by atoms with van der Waals surface area (Å²) in [6, 6.07) is 17.9. The van der Waals surface area contributed by atoms with E-state index in [2.05, 4.69) is 10.1 Å². The molecule has 0 saturated carbocycles. The first-order valence-corrected chi connectivity index (χ1v) is 8.44. The summed E-state index contributed by atoms with van der Waals surface area (Å²) in [5.41, 5.74) is 1.90. The van der Waals surface area contributed by atoms with Gasteiger partial charge in [0, 0.05) is 24.7 Å². The Hall–Kier alpha value is -3.48. The highest BCUT2D eigenvalue weighted by Gasteiger charge is 2.13. The fourth-order valence-corrected chi connectivity index (χ4v) is 2.56. The second-order valence-electron chi connectivity index (χ2n) is 6.00. The summed E-state index contributed by atoms with van der Waals surface area (Å²) in [5.74, 6) is 0.251. The van der Waals surface area contributed by atoms with Gasteiger partial charge in [0.25, 0.3) is 5.56 Å². The van der Waals surface area contributed by atoms with Crippen LogP contribution in [-0.2, 0) is 17.9 Å². The molecule has 138 valence electrons. The first kappa shape index (κ1) is 18.3. The third kappa shape index (κ3) is 4.58. The highest BCUT2D eigenvalue weighted by molar-refractivity contribution is 5.75. The molecule has 2 aromatic heterocycles. The van der Waals surface area contributed by atoms with E-state index in [1.165, 1.54) is 15.6 Å². The van der Waals surface area contributed by atoms with E-state index in [4.69, 9.17) is 4.74 Å². The van der Waals surface area contributed by atoms with E-state index in [0.29, 0.717) is 23.8 Å². The molecular weight excluding hydrogens is 344 g/mol. The number of methoxy groups -OCH3 is 1. The maximum Gasteiger partial charge on any atom is 0.267 e. The van der Waals surface area contributed by atoms with Crippen LogP contribution in [0, 0.1) is 0 Å². The third-order valence-electron chi connectivity index (χ3n) is 4.04. The molecule has 0 aliphatic rings. The van der Waals surface area contributed by atoms with Crippen molar-refractivity contribution in [2.24, 2.45) is 0 Å². The number of nitrogens with zero attached hydrogens (tertiary/aromatic N) is 4. The third-order valence-corrected chi connectivity index (χ3v) is 4.04. The molecule has 0 atom stereocenters. The Balaban J connectivity index is 1.74. The van der Waals surface area contributed by atoms with Gasteiger partial charge >= 0.3 is 0 Å². The first-order chi connectivity index (χ1) is 13.1. The summed E-state index contributed by atoms with van der Waals surface area (Å²) < 4.78 is 6.27. The molecule has 0 aliphatic carbocycles. The SMILES string of the molecule is COc1cccc(CN(C)C(=O)Cn2nc(-c3ccccc3)ccc2=O)n1. The molecule has 3 rings (SSSR count). The van der Waals surface area contributed by atoms with Gasteiger partial charge in [0.05, 0.1) is 25.0 Å². The lowest BCUT2D eigenvalue weighted by Crippen LogP contribution is -2.34. The largest absolute Gasteiger partial charge is 0.481 e. The minimum Gasteiger partial charge on any atom is -0.481 e. The lowest BCUT2D eigenvalue weighted by molar-refractivity contribution is -0.131. The van der Waals surface area contributed by atoms with E-state index in [9.17, 15) is 9.59 Å². The second-order valence-corrected chi connectivity index (χ2v) is 6.00. The minimum atomic E-state index is -0.323. The van der Waals surface area contributed by atoms with Crippen LogP contribution < -0.4 is 10.3 Å². The van der Waals surface area contributed by atoms with Crippen LogP contribution in [-0.4, -0.2) is 39.7 Å². The smallest absolute Gasteiger partial charge is 0.267 e. The molecule has 0 bridgehead atoms. The Morgan fingerprint density at radius 3 is 2.59 bits per heavy atom. The maximum atomic E-state index is 12.5. The van der Waals surface area contributed by atoms with Gasteiger partial charge in [-0.3, -0.25) is 9.59 Å². The Kier molecular flexibility index (Phi) is 5.61. The number of hydrogen-bond donors (Lipinski definition) is 0. The van der Waals surface area contributed by atoms with Crippen LogP contribution in [0.2, 0.25) is 0 Å². The van der Waals surface area contributed by atoms with E-state index in [1.54, 1.807) is 26.3 Å². The summed E-state index contributed by atoms with van der Waals surface area (Å²) in [6.07, 6.45) is 0. The molecule has 7 nitrogen and oxygen atoms in total. The number of ether oxygens (including phenoxy) is 1.